The average Bonchev–Trinajstić information content (AvgIpc) is 3.21. The van der Waals surface area contributed by atoms with Crippen molar-refractivity contribution < 1.29 is 9.21 Å². The highest BCUT2D eigenvalue weighted by Gasteiger charge is 2.09. The first-order chi connectivity index (χ1) is 11.6. The van der Waals surface area contributed by atoms with Gasteiger partial charge in [0.1, 0.15) is 0 Å². The van der Waals surface area contributed by atoms with Crippen molar-refractivity contribution in [2.45, 2.75) is 12.1 Å². The number of imidazole rings is 1. The second kappa shape index (κ2) is 7.72. The number of hydrogen-bond acceptors (Lipinski definition) is 4. The summed E-state index contributed by atoms with van der Waals surface area (Å²) >= 11 is 4.74. The number of aryl methyl sites for hydroxylation is 1. The highest BCUT2D eigenvalue weighted by atomic mass is 79.9. The Bertz CT molecular complexity index is 826. The molecule has 5 nitrogen and oxygen atoms in total. The van der Waals surface area contributed by atoms with Crippen molar-refractivity contribution in [3.05, 3.63) is 58.6 Å². The maximum Gasteiger partial charge on any atom is 0.287 e. The summed E-state index contributed by atoms with van der Waals surface area (Å²) in [6.07, 6.45) is 1.83. The van der Waals surface area contributed by atoms with E-state index >= 15 is 0 Å². The molecule has 0 fully saturated rings. The zero-order valence-electron chi connectivity index (χ0n) is 13.0. The molecule has 0 saturated carbocycles. The Balaban J connectivity index is 1.47. The van der Waals surface area contributed by atoms with Crippen molar-refractivity contribution in [1.29, 1.82) is 0 Å². The minimum Gasteiger partial charge on any atom is -0.444 e. The number of aromatic amines is 1. The number of carbonyl (C=O) groups excluding carboxylic acids is 1. The minimum absolute atomic E-state index is 0.221. The Morgan fingerprint density at radius 2 is 2.08 bits per heavy atom. The molecule has 124 valence electrons. The minimum atomic E-state index is -0.221. The molecule has 0 bridgehead atoms. The number of rotatable bonds is 6. The molecule has 0 atom stereocenters. The third kappa shape index (κ3) is 4.30. The molecule has 2 heterocycles. The molecule has 0 spiro atoms. The summed E-state index contributed by atoms with van der Waals surface area (Å²) in [4.78, 5) is 19.5. The van der Waals surface area contributed by atoms with Gasteiger partial charge in [0.2, 0.25) is 0 Å². The number of carbonyl (C=O) groups is 1. The molecule has 24 heavy (non-hydrogen) atoms. The number of benzene rings is 1. The topological polar surface area (TPSA) is 70.9 Å². The van der Waals surface area contributed by atoms with Gasteiger partial charge in [0, 0.05) is 12.3 Å². The third-order valence-corrected chi connectivity index (χ3v) is 4.65. The molecule has 1 aromatic carbocycles. The van der Waals surface area contributed by atoms with E-state index in [1.165, 1.54) is 5.56 Å². The second-order valence-corrected chi connectivity index (χ2v) is 7.04. The standard InChI is InChI=1S/C17H16BrN3O2S/c1-11-2-4-12(5-3-11)13-10-20-17(21-13)24-9-8-19-16(22)14-6-7-15(18)23-14/h2-7,10H,8-9H2,1H3,(H,19,22)(H,20,21). The molecule has 2 aromatic heterocycles. The van der Waals surface area contributed by atoms with Crippen LogP contribution in [0.1, 0.15) is 16.1 Å². The average molecular weight is 406 g/mol. The molecule has 0 aliphatic rings. The molecule has 0 unspecified atom stereocenters. The lowest BCUT2D eigenvalue weighted by molar-refractivity contribution is 0.0927. The monoisotopic (exact) mass is 405 g/mol. The molecule has 0 aliphatic heterocycles. The first-order valence-corrected chi connectivity index (χ1v) is 9.18. The van der Waals surface area contributed by atoms with Crippen LogP contribution in [0.15, 0.2) is 56.8 Å². The summed E-state index contributed by atoms with van der Waals surface area (Å²) in [5.74, 6) is 0.793. The number of amides is 1. The summed E-state index contributed by atoms with van der Waals surface area (Å²) in [5, 5.41) is 3.65. The largest absolute Gasteiger partial charge is 0.444 e. The van der Waals surface area contributed by atoms with E-state index in [2.05, 4.69) is 62.4 Å². The van der Waals surface area contributed by atoms with Gasteiger partial charge in [0.25, 0.3) is 5.91 Å². The van der Waals surface area contributed by atoms with Crippen molar-refractivity contribution in [1.82, 2.24) is 15.3 Å². The van der Waals surface area contributed by atoms with Crippen molar-refractivity contribution >= 4 is 33.6 Å². The maximum atomic E-state index is 11.8. The van der Waals surface area contributed by atoms with Crippen LogP contribution in [-0.4, -0.2) is 28.2 Å². The summed E-state index contributed by atoms with van der Waals surface area (Å²) < 4.78 is 5.74. The summed E-state index contributed by atoms with van der Waals surface area (Å²) in [5.41, 5.74) is 3.32. The molecule has 1 amide bonds. The van der Waals surface area contributed by atoms with Gasteiger partial charge in [-0.3, -0.25) is 4.79 Å². The lowest BCUT2D eigenvalue weighted by Crippen LogP contribution is -2.25. The Kier molecular flexibility index (Phi) is 5.42. The molecule has 3 rings (SSSR count). The number of nitrogens with one attached hydrogen (secondary N) is 2. The number of thioether (sulfide) groups is 1. The van der Waals surface area contributed by atoms with Gasteiger partial charge in [-0.05, 0) is 40.5 Å². The van der Waals surface area contributed by atoms with Gasteiger partial charge in [-0.25, -0.2) is 4.98 Å². The van der Waals surface area contributed by atoms with E-state index in [9.17, 15) is 4.79 Å². The van der Waals surface area contributed by atoms with E-state index in [4.69, 9.17) is 4.42 Å². The van der Waals surface area contributed by atoms with Crippen LogP contribution < -0.4 is 5.32 Å². The second-order valence-electron chi connectivity index (χ2n) is 5.18. The molecule has 0 radical (unpaired) electrons. The van der Waals surface area contributed by atoms with Gasteiger partial charge >= 0.3 is 0 Å². The van der Waals surface area contributed by atoms with E-state index in [-0.39, 0.29) is 5.91 Å². The highest BCUT2D eigenvalue weighted by molar-refractivity contribution is 9.10. The lowest BCUT2D eigenvalue weighted by Gasteiger charge is -2.02. The van der Waals surface area contributed by atoms with Gasteiger partial charge < -0.3 is 14.7 Å². The van der Waals surface area contributed by atoms with E-state index in [0.29, 0.717) is 22.7 Å². The summed E-state index contributed by atoms with van der Waals surface area (Å²) in [7, 11) is 0. The molecular formula is C17H16BrN3O2S. The van der Waals surface area contributed by atoms with Gasteiger partial charge in [0.05, 0.1) is 11.9 Å². The highest BCUT2D eigenvalue weighted by Crippen LogP contribution is 2.21. The summed E-state index contributed by atoms with van der Waals surface area (Å²) in [6, 6.07) is 11.6. The van der Waals surface area contributed by atoms with E-state index in [0.717, 1.165) is 16.4 Å². The number of aromatic nitrogens is 2. The maximum absolute atomic E-state index is 11.8. The van der Waals surface area contributed by atoms with Crippen molar-refractivity contribution in [2.24, 2.45) is 0 Å². The number of furan rings is 1. The fourth-order valence-electron chi connectivity index (χ4n) is 2.09. The van der Waals surface area contributed by atoms with Crippen LogP contribution in [-0.2, 0) is 0 Å². The van der Waals surface area contributed by atoms with Crippen LogP contribution in [0.25, 0.3) is 11.3 Å². The first kappa shape index (κ1) is 16.9. The SMILES string of the molecule is Cc1ccc(-c2cnc(SCCNC(=O)c3ccc(Br)o3)[nH]2)cc1. The number of nitrogens with zero attached hydrogens (tertiary/aromatic N) is 1. The van der Waals surface area contributed by atoms with Crippen LogP contribution in [0.4, 0.5) is 0 Å². The molecule has 0 saturated heterocycles. The molecule has 3 aromatic rings. The van der Waals surface area contributed by atoms with Crippen LogP contribution >= 0.6 is 27.7 Å². The zero-order chi connectivity index (χ0) is 16.9. The predicted molar refractivity (Wildman–Crippen MR) is 98.2 cm³/mol. The fourth-order valence-corrected chi connectivity index (χ4v) is 3.11. The zero-order valence-corrected chi connectivity index (χ0v) is 15.4. The Labute approximate surface area is 152 Å². The number of halogens is 1. The smallest absolute Gasteiger partial charge is 0.287 e. The number of hydrogen-bond donors (Lipinski definition) is 2. The van der Waals surface area contributed by atoms with Crippen LogP contribution in [0.5, 0.6) is 0 Å². The van der Waals surface area contributed by atoms with Gasteiger partial charge in [-0.15, -0.1) is 0 Å². The third-order valence-electron chi connectivity index (χ3n) is 3.34. The normalized spacial score (nSPS) is 10.8. The van der Waals surface area contributed by atoms with Crippen molar-refractivity contribution in [2.75, 3.05) is 12.3 Å². The number of H-pyrrole nitrogens is 1. The van der Waals surface area contributed by atoms with Crippen LogP contribution in [0, 0.1) is 6.92 Å². The van der Waals surface area contributed by atoms with Gasteiger partial charge in [-0.1, -0.05) is 41.6 Å². The quantitative estimate of drug-likeness (QED) is 0.474. The molecule has 2 N–H and O–H groups in total. The van der Waals surface area contributed by atoms with Gasteiger partial charge in [0.15, 0.2) is 15.6 Å². The molecular weight excluding hydrogens is 390 g/mol. The van der Waals surface area contributed by atoms with E-state index in [1.807, 2.05) is 6.20 Å². The molecule has 7 heteroatoms. The Hall–Kier alpha value is -1.99. The van der Waals surface area contributed by atoms with Crippen molar-refractivity contribution in [3.8, 4) is 11.3 Å². The van der Waals surface area contributed by atoms with Crippen LogP contribution in [0.3, 0.4) is 0 Å². The predicted octanol–water partition coefficient (Wildman–Crippen LogP) is 4.26. The van der Waals surface area contributed by atoms with Crippen LogP contribution in [0.2, 0.25) is 0 Å². The Morgan fingerprint density at radius 3 is 2.79 bits per heavy atom. The van der Waals surface area contributed by atoms with E-state index < -0.39 is 0 Å². The summed E-state index contributed by atoms with van der Waals surface area (Å²) in [6.45, 7) is 2.59. The molecule has 0 aliphatic carbocycles. The Morgan fingerprint density at radius 1 is 1.29 bits per heavy atom. The van der Waals surface area contributed by atoms with E-state index in [1.54, 1.807) is 23.9 Å². The first-order valence-electron chi connectivity index (χ1n) is 7.40. The fraction of sp³-hybridized carbons (Fsp3) is 0.176. The van der Waals surface area contributed by atoms with Gasteiger partial charge in [-0.2, -0.15) is 0 Å². The van der Waals surface area contributed by atoms with Crippen molar-refractivity contribution in [3.63, 3.8) is 0 Å². The lowest BCUT2D eigenvalue weighted by atomic mass is 10.1.